The highest BCUT2D eigenvalue weighted by atomic mass is 32.1. The average molecular weight is 385 g/mol. The van der Waals surface area contributed by atoms with Gasteiger partial charge in [0.1, 0.15) is 5.51 Å². The molecule has 3 aromatic rings. The molecule has 0 spiro atoms. The Kier molecular flexibility index (Phi) is 4.38. The van der Waals surface area contributed by atoms with Crippen molar-refractivity contribution in [2.24, 2.45) is 5.41 Å². The zero-order chi connectivity index (χ0) is 19.7. The van der Waals surface area contributed by atoms with Crippen LogP contribution in [0.4, 0.5) is 10.8 Å². The number of nitrogens with one attached hydrogen (secondary N) is 1. The summed E-state index contributed by atoms with van der Waals surface area (Å²) in [7, 11) is 0. The number of fused-ring (bicyclic) bond motifs is 1. The van der Waals surface area contributed by atoms with Crippen molar-refractivity contribution in [2.75, 3.05) is 5.32 Å². The zero-order valence-electron chi connectivity index (χ0n) is 15.0. The molecule has 6 nitrogen and oxygen atoms in total. The van der Waals surface area contributed by atoms with Crippen LogP contribution < -0.4 is 5.32 Å². The van der Waals surface area contributed by atoms with E-state index in [-0.39, 0.29) is 11.8 Å². The first-order valence-corrected chi connectivity index (χ1v) is 9.51. The van der Waals surface area contributed by atoms with Crippen LogP contribution in [0.15, 0.2) is 48.0 Å². The summed E-state index contributed by atoms with van der Waals surface area (Å²) < 4.78 is 0. The Morgan fingerprint density at radius 2 is 2.14 bits per heavy atom. The number of carbonyl (C=O) groups excluding carboxylic acids is 1. The van der Waals surface area contributed by atoms with Crippen molar-refractivity contribution in [3.05, 3.63) is 81.6 Å². The predicted molar refractivity (Wildman–Crippen MR) is 106 cm³/mol. The Labute approximate surface area is 166 Å². The van der Waals surface area contributed by atoms with Crippen LogP contribution in [-0.4, -0.2) is 16.1 Å². The van der Waals surface area contributed by atoms with Gasteiger partial charge in [-0.05, 0) is 42.2 Å². The number of benzene rings is 2. The fraction of sp³-hybridized carbons (Fsp3) is 0.190. The molecule has 2 aromatic carbocycles. The summed E-state index contributed by atoms with van der Waals surface area (Å²) in [6, 6.07) is 15.1. The molecule has 0 aliphatic heterocycles. The number of rotatable bonds is 3. The van der Waals surface area contributed by atoms with Gasteiger partial charge in [-0.2, -0.15) is 5.26 Å². The topological polar surface area (TPSA) is 83.0 Å². The molecule has 1 aliphatic rings. The third-order valence-corrected chi connectivity index (χ3v) is 5.84. The maximum atomic E-state index is 13.3. The first-order chi connectivity index (χ1) is 13.5. The van der Waals surface area contributed by atoms with Crippen molar-refractivity contribution in [2.45, 2.75) is 19.3 Å². The Morgan fingerprint density at radius 1 is 1.36 bits per heavy atom. The fourth-order valence-electron chi connectivity index (χ4n) is 3.90. The third-order valence-electron chi connectivity index (χ3n) is 5.24. The van der Waals surface area contributed by atoms with Gasteiger partial charge in [0.2, 0.25) is 11.0 Å². The van der Waals surface area contributed by atoms with E-state index < -0.39 is 5.41 Å². The molecule has 1 N–H and O–H groups in total. The lowest BCUT2D eigenvalue weighted by atomic mass is 9.73. The van der Waals surface area contributed by atoms with E-state index in [0.717, 1.165) is 16.7 Å². The van der Waals surface area contributed by atoms with Gasteiger partial charge >= 0.3 is 0 Å². The van der Waals surface area contributed by atoms with Crippen LogP contribution in [0, 0.1) is 23.3 Å². The molecule has 1 aliphatic carbocycles. The SMILES string of the molecule is [C-]#[N+]c1ccc([C@H]2c3cc(C#N)ccc3C[C@@]2(C)C(=O)Nc2nncs2)cc1. The lowest BCUT2D eigenvalue weighted by molar-refractivity contribution is -0.125. The van der Waals surface area contributed by atoms with Crippen LogP contribution in [0.3, 0.4) is 0 Å². The van der Waals surface area contributed by atoms with Crippen molar-refractivity contribution in [1.82, 2.24) is 10.2 Å². The van der Waals surface area contributed by atoms with E-state index in [1.54, 1.807) is 23.7 Å². The summed E-state index contributed by atoms with van der Waals surface area (Å²) in [6.45, 7) is 9.10. The van der Waals surface area contributed by atoms with Crippen LogP contribution in [0.25, 0.3) is 4.85 Å². The molecule has 0 radical (unpaired) electrons. The van der Waals surface area contributed by atoms with Crippen LogP contribution >= 0.6 is 11.3 Å². The molecule has 0 saturated heterocycles. The van der Waals surface area contributed by atoms with Crippen molar-refractivity contribution in [3.8, 4) is 6.07 Å². The summed E-state index contributed by atoms with van der Waals surface area (Å²) in [5.74, 6) is -0.373. The van der Waals surface area contributed by atoms with E-state index in [2.05, 4.69) is 26.4 Å². The quantitative estimate of drug-likeness (QED) is 0.682. The Hall–Kier alpha value is -3.55. The van der Waals surface area contributed by atoms with Crippen molar-refractivity contribution in [3.63, 3.8) is 0 Å². The molecule has 0 bridgehead atoms. The number of nitriles is 1. The molecule has 0 unspecified atom stereocenters. The minimum absolute atomic E-state index is 0.141. The van der Waals surface area contributed by atoms with E-state index in [1.807, 2.05) is 31.2 Å². The normalized spacial score (nSPS) is 20.0. The number of aromatic nitrogens is 2. The molecule has 1 heterocycles. The summed E-state index contributed by atoms with van der Waals surface area (Å²) in [5.41, 5.74) is 4.89. The molecule has 7 heteroatoms. The van der Waals surface area contributed by atoms with E-state index in [9.17, 15) is 10.1 Å². The van der Waals surface area contributed by atoms with Crippen molar-refractivity contribution in [1.29, 1.82) is 5.26 Å². The highest BCUT2D eigenvalue weighted by Gasteiger charge is 2.49. The minimum Gasteiger partial charge on any atom is -0.300 e. The number of carbonyl (C=O) groups is 1. The number of amides is 1. The standard InChI is InChI=1S/C21H15N5OS/c1-21(19(27)25-20-26-24-12-28-20)10-15-4-3-13(11-22)9-17(15)18(21)14-5-7-16(23-2)8-6-14/h3-9,12,18H,10H2,1H3,(H,25,26,27)/t18-,21+/m0/s1. The maximum Gasteiger partial charge on any atom is 0.233 e. The van der Waals surface area contributed by atoms with Crippen LogP contribution in [0.2, 0.25) is 0 Å². The fourth-order valence-corrected chi connectivity index (χ4v) is 4.34. The molecular weight excluding hydrogens is 370 g/mol. The number of nitrogens with zero attached hydrogens (tertiary/aromatic N) is 4. The summed E-state index contributed by atoms with van der Waals surface area (Å²) in [4.78, 5) is 16.7. The first-order valence-electron chi connectivity index (χ1n) is 8.63. The van der Waals surface area contributed by atoms with Crippen molar-refractivity contribution < 1.29 is 4.79 Å². The monoisotopic (exact) mass is 385 g/mol. The number of hydrogen-bond acceptors (Lipinski definition) is 5. The molecule has 4 rings (SSSR count). The third kappa shape index (κ3) is 2.92. The number of anilines is 1. The second-order valence-corrected chi connectivity index (χ2v) is 7.79. The molecule has 136 valence electrons. The van der Waals surface area contributed by atoms with Crippen LogP contribution in [0.1, 0.15) is 35.1 Å². The lowest BCUT2D eigenvalue weighted by Gasteiger charge is -2.31. The van der Waals surface area contributed by atoms with Crippen LogP contribution in [-0.2, 0) is 11.2 Å². The molecule has 1 amide bonds. The molecule has 0 saturated carbocycles. The van der Waals surface area contributed by atoms with Gasteiger partial charge in [-0.1, -0.05) is 41.7 Å². The van der Waals surface area contributed by atoms with Gasteiger partial charge in [0.05, 0.1) is 23.6 Å². The lowest BCUT2D eigenvalue weighted by Crippen LogP contribution is -2.37. The smallest absolute Gasteiger partial charge is 0.233 e. The van der Waals surface area contributed by atoms with Gasteiger partial charge in [-0.15, -0.1) is 10.2 Å². The average Bonchev–Trinajstić information content (AvgIpc) is 3.33. The summed E-state index contributed by atoms with van der Waals surface area (Å²) in [5, 5.41) is 20.4. The highest BCUT2D eigenvalue weighted by Crippen LogP contribution is 2.51. The Morgan fingerprint density at radius 3 is 2.79 bits per heavy atom. The van der Waals surface area contributed by atoms with E-state index in [0.29, 0.717) is 22.8 Å². The zero-order valence-corrected chi connectivity index (χ0v) is 15.8. The second-order valence-electron chi connectivity index (χ2n) is 6.95. The minimum atomic E-state index is -0.762. The van der Waals surface area contributed by atoms with Gasteiger partial charge in [-0.25, -0.2) is 4.85 Å². The highest BCUT2D eigenvalue weighted by molar-refractivity contribution is 7.13. The predicted octanol–water partition coefficient (Wildman–Crippen LogP) is 4.29. The second kappa shape index (κ2) is 6.88. The molecule has 0 fully saturated rings. The van der Waals surface area contributed by atoms with E-state index in [1.165, 1.54) is 11.3 Å². The molecule has 1 aromatic heterocycles. The molecular formula is C21H15N5OS. The van der Waals surface area contributed by atoms with Crippen molar-refractivity contribution >= 4 is 28.1 Å². The van der Waals surface area contributed by atoms with Gasteiger partial charge in [0, 0.05) is 5.92 Å². The van der Waals surface area contributed by atoms with E-state index >= 15 is 0 Å². The van der Waals surface area contributed by atoms with Gasteiger partial charge in [0.15, 0.2) is 5.69 Å². The number of hydrogen-bond donors (Lipinski definition) is 1. The largest absolute Gasteiger partial charge is 0.300 e. The van der Waals surface area contributed by atoms with Crippen LogP contribution in [0.5, 0.6) is 0 Å². The Balaban J connectivity index is 1.81. The van der Waals surface area contributed by atoms with Gasteiger partial charge in [-0.3, -0.25) is 4.79 Å². The summed E-state index contributed by atoms with van der Waals surface area (Å²) in [6.07, 6.45) is 0.550. The Bertz CT molecular complexity index is 1130. The maximum absolute atomic E-state index is 13.3. The summed E-state index contributed by atoms with van der Waals surface area (Å²) >= 11 is 1.27. The van der Waals surface area contributed by atoms with Gasteiger partial charge in [0.25, 0.3) is 0 Å². The molecule has 28 heavy (non-hydrogen) atoms. The first kappa shape index (κ1) is 17.8. The van der Waals surface area contributed by atoms with E-state index in [4.69, 9.17) is 6.57 Å². The van der Waals surface area contributed by atoms with Gasteiger partial charge < -0.3 is 5.32 Å². The molecule has 2 atom stereocenters.